The molecule has 0 aromatic heterocycles. The summed E-state index contributed by atoms with van der Waals surface area (Å²) in [6.07, 6.45) is 4.21. The lowest BCUT2D eigenvalue weighted by atomic mass is 10.0. The van der Waals surface area contributed by atoms with Crippen molar-refractivity contribution in [1.29, 1.82) is 0 Å². The van der Waals surface area contributed by atoms with Crippen LogP contribution < -0.4 is 4.72 Å². The smallest absolute Gasteiger partial charge is 0.215 e. The van der Waals surface area contributed by atoms with Crippen LogP contribution in [-0.4, -0.2) is 41.0 Å². The number of hydrogen-bond acceptors (Lipinski definition) is 3. The summed E-state index contributed by atoms with van der Waals surface area (Å²) >= 11 is 0. The van der Waals surface area contributed by atoms with Crippen LogP contribution >= 0.6 is 0 Å². The molecule has 1 aromatic carbocycles. The van der Waals surface area contributed by atoms with Crippen LogP contribution in [-0.2, 0) is 22.2 Å². The highest BCUT2D eigenvalue weighted by molar-refractivity contribution is 7.88. The van der Waals surface area contributed by atoms with Gasteiger partial charge in [0.25, 0.3) is 0 Å². The number of nitrogens with zero attached hydrogens (tertiary/aromatic N) is 1. The highest BCUT2D eigenvalue weighted by Gasteiger charge is 2.16. The van der Waals surface area contributed by atoms with Crippen LogP contribution in [0.3, 0.4) is 0 Å². The summed E-state index contributed by atoms with van der Waals surface area (Å²) in [4.78, 5) is 2.16. The maximum absolute atomic E-state index is 11.6. The second kappa shape index (κ2) is 6.08. The van der Waals surface area contributed by atoms with Crippen molar-refractivity contribution in [1.82, 2.24) is 9.62 Å². The van der Waals surface area contributed by atoms with Crippen molar-refractivity contribution in [2.24, 2.45) is 0 Å². The summed E-state index contributed by atoms with van der Waals surface area (Å²) in [6, 6.07) is 5.99. The molecule has 0 saturated carbocycles. The first-order valence-electron chi connectivity index (χ1n) is 6.78. The van der Waals surface area contributed by atoms with Crippen LogP contribution in [0, 0.1) is 0 Å². The van der Waals surface area contributed by atoms with Gasteiger partial charge in [0.2, 0.25) is 10.0 Å². The minimum absolute atomic E-state index is 0.0394. The molecule has 0 aliphatic heterocycles. The summed E-state index contributed by atoms with van der Waals surface area (Å²) in [5, 5.41) is 0. The summed E-state index contributed by atoms with van der Waals surface area (Å²) in [5.74, 6) is 0.0394. The minimum atomic E-state index is -3.21. The molecule has 1 N–H and O–H groups in total. The molecule has 110 valence electrons. The summed E-state index contributed by atoms with van der Waals surface area (Å²) in [5.41, 5.74) is 4.69. The van der Waals surface area contributed by atoms with E-state index in [4.69, 9.17) is 0 Å². The Balaban J connectivity index is 2.18. The Bertz CT molecular complexity index is 619. The quantitative estimate of drug-likeness (QED) is 0.867. The molecule has 0 heterocycles. The number of nitrogens with one attached hydrogen (secondary N) is 1. The summed E-state index contributed by atoms with van der Waals surface area (Å²) in [7, 11) is 2.36. The van der Waals surface area contributed by atoms with Crippen molar-refractivity contribution < 1.29 is 8.42 Å². The number of benzene rings is 1. The van der Waals surface area contributed by atoms with Gasteiger partial charge >= 0.3 is 0 Å². The van der Waals surface area contributed by atoms with Crippen LogP contribution in [0.1, 0.15) is 23.1 Å². The molecule has 20 heavy (non-hydrogen) atoms. The van der Waals surface area contributed by atoms with Gasteiger partial charge in [0, 0.05) is 6.54 Å². The molecule has 4 nitrogen and oxygen atoms in total. The SMILES string of the molecule is CNS(=O)(=O)Cc1ccc2c(c1)C(CCN(C)C)=CC2. The van der Waals surface area contributed by atoms with E-state index in [0.717, 1.165) is 24.9 Å². The molecule has 0 radical (unpaired) electrons. The van der Waals surface area contributed by atoms with Crippen LogP contribution in [0.15, 0.2) is 24.3 Å². The second-order valence-electron chi connectivity index (χ2n) is 5.44. The first-order valence-corrected chi connectivity index (χ1v) is 8.43. The van der Waals surface area contributed by atoms with E-state index < -0.39 is 10.0 Å². The van der Waals surface area contributed by atoms with Crippen molar-refractivity contribution >= 4 is 15.6 Å². The van der Waals surface area contributed by atoms with Crippen molar-refractivity contribution in [2.45, 2.75) is 18.6 Å². The monoisotopic (exact) mass is 294 g/mol. The average molecular weight is 294 g/mol. The number of rotatable bonds is 6. The molecule has 0 spiro atoms. The topological polar surface area (TPSA) is 49.4 Å². The van der Waals surface area contributed by atoms with Gasteiger partial charge in [0.05, 0.1) is 5.75 Å². The first-order chi connectivity index (χ1) is 9.41. The van der Waals surface area contributed by atoms with Gasteiger partial charge in [-0.2, -0.15) is 0 Å². The fourth-order valence-corrected chi connectivity index (χ4v) is 3.17. The lowest BCUT2D eigenvalue weighted by molar-refractivity contribution is 0.419. The third-order valence-electron chi connectivity index (χ3n) is 3.58. The molecular weight excluding hydrogens is 272 g/mol. The van der Waals surface area contributed by atoms with Crippen molar-refractivity contribution in [3.8, 4) is 0 Å². The van der Waals surface area contributed by atoms with E-state index in [9.17, 15) is 8.42 Å². The third-order valence-corrected chi connectivity index (χ3v) is 4.92. The molecular formula is C15H22N2O2S. The van der Waals surface area contributed by atoms with Crippen molar-refractivity contribution in [2.75, 3.05) is 27.7 Å². The highest BCUT2D eigenvalue weighted by Crippen LogP contribution is 2.31. The molecule has 2 rings (SSSR count). The Labute approximate surface area is 121 Å². The van der Waals surface area contributed by atoms with Crippen molar-refractivity contribution in [3.63, 3.8) is 0 Å². The van der Waals surface area contributed by atoms with E-state index in [1.807, 2.05) is 12.1 Å². The first kappa shape index (κ1) is 15.2. The molecule has 0 saturated heterocycles. The van der Waals surface area contributed by atoms with Gasteiger partial charge in [-0.15, -0.1) is 0 Å². The Kier molecular flexibility index (Phi) is 4.62. The minimum Gasteiger partial charge on any atom is -0.309 e. The fourth-order valence-electron chi connectivity index (χ4n) is 2.41. The molecule has 1 aliphatic rings. The van der Waals surface area contributed by atoms with Gasteiger partial charge in [-0.1, -0.05) is 24.3 Å². The summed E-state index contributed by atoms with van der Waals surface area (Å²) < 4.78 is 25.6. The van der Waals surface area contributed by atoms with Gasteiger partial charge < -0.3 is 4.90 Å². The Hall–Kier alpha value is -1.17. The molecule has 0 unspecified atom stereocenters. The average Bonchev–Trinajstić information content (AvgIpc) is 2.78. The van der Waals surface area contributed by atoms with E-state index in [-0.39, 0.29) is 5.75 Å². The van der Waals surface area contributed by atoms with E-state index >= 15 is 0 Å². The van der Waals surface area contributed by atoms with Crippen LogP contribution in [0.2, 0.25) is 0 Å². The van der Waals surface area contributed by atoms with Crippen molar-refractivity contribution in [3.05, 3.63) is 41.0 Å². The number of fused-ring (bicyclic) bond motifs is 1. The lowest BCUT2D eigenvalue weighted by Gasteiger charge is -2.12. The molecule has 5 heteroatoms. The normalized spacial score (nSPS) is 14.5. The molecule has 1 aromatic rings. The number of allylic oxidation sites excluding steroid dienone is 1. The fraction of sp³-hybridized carbons (Fsp3) is 0.467. The van der Waals surface area contributed by atoms with Crippen LogP contribution in [0.25, 0.3) is 5.57 Å². The Morgan fingerprint density at radius 1 is 1.30 bits per heavy atom. The molecule has 1 aliphatic carbocycles. The number of sulfonamides is 1. The molecule has 0 amide bonds. The second-order valence-corrected chi connectivity index (χ2v) is 7.37. The predicted octanol–water partition coefficient (Wildman–Crippen LogP) is 1.63. The maximum atomic E-state index is 11.6. The maximum Gasteiger partial charge on any atom is 0.215 e. The zero-order valence-electron chi connectivity index (χ0n) is 12.3. The van der Waals surface area contributed by atoms with Gasteiger partial charge in [0.1, 0.15) is 0 Å². The highest BCUT2D eigenvalue weighted by atomic mass is 32.2. The van der Waals surface area contributed by atoms with Gasteiger partial charge in [-0.05, 0) is 56.2 Å². The molecule has 0 bridgehead atoms. The summed E-state index contributed by atoms with van der Waals surface area (Å²) in [6.45, 7) is 1.00. The largest absolute Gasteiger partial charge is 0.309 e. The van der Waals surface area contributed by atoms with Gasteiger partial charge in [0.15, 0.2) is 0 Å². The lowest BCUT2D eigenvalue weighted by Crippen LogP contribution is -2.20. The van der Waals surface area contributed by atoms with Gasteiger partial charge in [-0.3, -0.25) is 0 Å². The van der Waals surface area contributed by atoms with Crippen LogP contribution in [0.4, 0.5) is 0 Å². The predicted molar refractivity (Wildman–Crippen MR) is 83.0 cm³/mol. The zero-order chi connectivity index (χ0) is 14.8. The van der Waals surface area contributed by atoms with Gasteiger partial charge in [-0.25, -0.2) is 13.1 Å². The molecule has 0 atom stereocenters. The van der Waals surface area contributed by atoms with Crippen LogP contribution in [0.5, 0.6) is 0 Å². The van der Waals surface area contributed by atoms with E-state index in [2.05, 4.69) is 35.9 Å². The third kappa shape index (κ3) is 3.69. The standard InChI is InChI=1S/C15H22N2O2S/c1-16-20(18,19)11-12-4-5-13-6-7-14(15(13)10-12)8-9-17(2)3/h4-5,7,10,16H,6,8-9,11H2,1-3H3. The van der Waals surface area contributed by atoms with E-state index in [0.29, 0.717) is 0 Å². The number of hydrogen-bond donors (Lipinski definition) is 1. The molecule has 0 fully saturated rings. The Morgan fingerprint density at radius 2 is 2.05 bits per heavy atom. The Morgan fingerprint density at radius 3 is 2.70 bits per heavy atom. The van der Waals surface area contributed by atoms with E-state index in [1.54, 1.807) is 0 Å². The zero-order valence-corrected chi connectivity index (χ0v) is 13.1. The van der Waals surface area contributed by atoms with E-state index in [1.165, 1.54) is 23.7 Å².